The summed E-state index contributed by atoms with van der Waals surface area (Å²) < 4.78 is 0. The van der Waals surface area contributed by atoms with E-state index < -0.39 is 0 Å². The van der Waals surface area contributed by atoms with Crippen molar-refractivity contribution >= 4 is 5.71 Å². The number of hydrogen-bond acceptors (Lipinski definition) is 2. The van der Waals surface area contributed by atoms with Gasteiger partial charge in [0, 0.05) is 22.8 Å². The molecule has 2 aromatic carbocycles. The Labute approximate surface area is 100 Å². The zero-order valence-corrected chi connectivity index (χ0v) is 9.55. The molecule has 0 bridgehead atoms. The molecule has 0 aliphatic heterocycles. The van der Waals surface area contributed by atoms with Crippen LogP contribution >= 0.6 is 0 Å². The van der Waals surface area contributed by atoms with E-state index in [0.29, 0.717) is 5.71 Å². The first-order valence-electron chi connectivity index (χ1n) is 4.42. The van der Waals surface area contributed by atoms with Gasteiger partial charge in [-0.15, -0.1) is 10.7 Å². The average molecular weight is 243 g/mol. The van der Waals surface area contributed by atoms with Gasteiger partial charge in [0.25, 0.3) is 0 Å². The molecule has 15 heavy (non-hydrogen) atoms. The monoisotopic (exact) mass is 243 g/mol. The summed E-state index contributed by atoms with van der Waals surface area (Å²) in [5.41, 5.74) is 1.62. The van der Waals surface area contributed by atoms with Crippen LogP contribution in [0.1, 0.15) is 12.5 Å². The Morgan fingerprint density at radius 1 is 1.13 bits per heavy atom. The van der Waals surface area contributed by atoms with Crippen LogP contribution < -0.4 is 0 Å². The largest absolute Gasteiger partial charge is 0.411 e. The van der Waals surface area contributed by atoms with Crippen molar-refractivity contribution < 1.29 is 22.3 Å². The minimum absolute atomic E-state index is 0. The van der Waals surface area contributed by atoms with E-state index in [0.717, 1.165) is 5.56 Å². The van der Waals surface area contributed by atoms with E-state index in [4.69, 9.17) is 5.21 Å². The molecule has 0 heterocycles. The Bertz CT molecular complexity index is 332. The Balaban J connectivity index is 0.000000280. The van der Waals surface area contributed by atoms with Crippen LogP contribution in [0.5, 0.6) is 0 Å². The normalized spacial score (nSPS) is 9.80. The molecular weight excluding hydrogens is 230 g/mol. The van der Waals surface area contributed by atoms with Crippen molar-refractivity contribution in [1.82, 2.24) is 0 Å². The predicted molar refractivity (Wildman–Crippen MR) is 58.1 cm³/mol. The molecule has 82 valence electrons. The summed E-state index contributed by atoms with van der Waals surface area (Å²) >= 11 is 0. The van der Waals surface area contributed by atoms with Gasteiger partial charge in [0.1, 0.15) is 0 Å². The summed E-state index contributed by atoms with van der Waals surface area (Å²) in [6.45, 7) is 1.76. The fourth-order valence-electron chi connectivity index (χ4n) is 0.994. The van der Waals surface area contributed by atoms with Gasteiger partial charge in [-0.2, -0.15) is 30.3 Å². The first kappa shape index (κ1) is 13.7. The van der Waals surface area contributed by atoms with E-state index in [1.807, 2.05) is 54.6 Å². The zero-order chi connectivity index (χ0) is 10.2. The molecule has 0 fully saturated rings. The Hall–Kier alpha value is -1.31. The van der Waals surface area contributed by atoms with Crippen molar-refractivity contribution in [2.45, 2.75) is 6.92 Å². The Morgan fingerprint density at radius 2 is 1.67 bits per heavy atom. The molecule has 3 heteroatoms. The van der Waals surface area contributed by atoms with Crippen molar-refractivity contribution in [1.29, 1.82) is 0 Å². The number of rotatable bonds is 1. The summed E-state index contributed by atoms with van der Waals surface area (Å²) in [7, 11) is 0. The minimum atomic E-state index is 0. The van der Waals surface area contributed by atoms with Crippen molar-refractivity contribution in [2.24, 2.45) is 5.16 Å². The summed E-state index contributed by atoms with van der Waals surface area (Å²) in [6.07, 6.45) is 0. The average Bonchev–Trinajstić information content (AvgIpc) is 2.91. The van der Waals surface area contributed by atoms with Gasteiger partial charge in [0.2, 0.25) is 0 Å². The molecule has 0 aromatic heterocycles. The number of oxime groups is 1. The summed E-state index contributed by atoms with van der Waals surface area (Å²) in [4.78, 5) is 0. The molecule has 2 aromatic rings. The van der Waals surface area contributed by atoms with E-state index in [1.54, 1.807) is 6.92 Å². The van der Waals surface area contributed by atoms with Crippen LogP contribution in [0.25, 0.3) is 0 Å². The fraction of sp³-hybridized carbons (Fsp3) is 0.0833. The Kier molecular flexibility index (Phi) is 7.33. The van der Waals surface area contributed by atoms with E-state index >= 15 is 0 Å². The van der Waals surface area contributed by atoms with Crippen LogP contribution in [0.4, 0.5) is 0 Å². The SMILES string of the molecule is C/C(=N/O)[c-]1cccc1.[Fe].c1cc[cH-]c1. The molecule has 0 spiro atoms. The quantitative estimate of drug-likeness (QED) is 0.270. The third kappa shape index (κ3) is 5.21. The van der Waals surface area contributed by atoms with Gasteiger partial charge in [0.05, 0.1) is 0 Å². The van der Waals surface area contributed by atoms with Gasteiger partial charge in [-0.05, 0) is 6.92 Å². The van der Waals surface area contributed by atoms with Crippen LogP contribution in [-0.2, 0) is 17.1 Å². The summed E-state index contributed by atoms with van der Waals surface area (Å²) in [5, 5.41) is 11.3. The van der Waals surface area contributed by atoms with E-state index in [-0.39, 0.29) is 17.1 Å². The smallest absolute Gasteiger partial charge is 0.0289 e. The molecule has 0 aliphatic rings. The minimum Gasteiger partial charge on any atom is -0.411 e. The first-order valence-corrected chi connectivity index (χ1v) is 4.42. The fourth-order valence-corrected chi connectivity index (χ4v) is 0.994. The van der Waals surface area contributed by atoms with Gasteiger partial charge < -0.3 is 5.21 Å². The van der Waals surface area contributed by atoms with E-state index in [2.05, 4.69) is 5.16 Å². The molecular formula is C12H13FeNO-2. The van der Waals surface area contributed by atoms with Crippen molar-refractivity contribution in [3.05, 3.63) is 60.2 Å². The van der Waals surface area contributed by atoms with E-state index in [1.165, 1.54) is 0 Å². The van der Waals surface area contributed by atoms with Gasteiger partial charge in [-0.25, -0.2) is 24.3 Å². The van der Waals surface area contributed by atoms with Crippen LogP contribution in [-0.4, -0.2) is 10.9 Å². The molecule has 1 N–H and O–H groups in total. The van der Waals surface area contributed by atoms with Crippen LogP contribution in [0.3, 0.4) is 0 Å². The maximum absolute atomic E-state index is 8.29. The van der Waals surface area contributed by atoms with Crippen LogP contribution in [0.15, 0.2) is 59.8 Å². The molecule has 2 nitrogen and oxygen atoms in total. The van der Waals surface area contributed by atoms with E-state index in [9.17, 15) is 0 Å². The number of nitrogens with zero attached hydrogens (tertiary/aromatic N) is 1. The zero-order valence-electron chi connectivity index (χ0n) is 8.44. The second-order valence-electron chi connectivity index (χ2n) is 2.82. The third-order valence-electron chi connectivity index (χ3n) is 1.79. The maximum Gasteiger partial charge on any atom is 0.0289 e. The maximum atomic E-state index is 8.29. The van der Waals surface area contributed by atoms with Crippen LogP contribution in [0.2, 0.25) is 0 Å². The van der Waals surface area contributed by atoms with Crippen molar-refractivity contribution in [3.8, 4) is 0 Å². The molecule has 0 aliphatic carbocycles. The van der Waals surface area contributed by atoms with Gasteiger partial charge in [-0.1, -0.05) is 0 Å². The van der Waals surface area contributed by atoms with Crippen molar-refractivity contribution in [2.75, 3.05) is 0 Å². The molecule has 0 unspecified atom stereocenters. The molecule has 0 amide bonds. The molecule has 0 saturated carbocycles. The standard InChI is InChI=1S/C7H8NO.C5H5.Fe/c1-6(8-9)7-4-2-3-5-7;1-2-4-5-3-1;/h2-5,9H,1H3;1-5H;/q2*-1;/b8-6-;;. The topological polar surface area (TPSA) is 32.6 Å². The first-order chi connectivity index (χ1) is 6.84. The second-order valence-corrected chi connectivity index (χ2v) is 2.82. The van der Waals surface area contributed by atoms with Gasteiger partial charge in [-0.3, -0.25) is 0 Å². The molecule has 0 atom stereocenters. The van der Waals surface area contributed by atoms with Gasteiger partial charge >= 0.3 is 0 Å². The molecule has 0 saturated heterocycles. The van der Waals surface area contributed by atoms with Crippen LogP contribution in [0, 0.1) is 0 Å². The van der Waals surface area contributed by atoms with Gasteiger partial charge in [0.15, 0.2) is 0 Å². The second kappa shape index (κ2) is 8.04. The van der Waals surface area contributed by atoms with Crippen molar-refractivity contribution in [3.63, 3.8) is 0 Å². The third-order valence-corrected chi connectivity index (χ3v) is 1.79. The molecule has 0 radical (unpaired) electrons. The predicted octanol–water partition coefficient (Wildman–Crippen LogP) is 3.01. The number of hydrogen-bond donors (Lipinski definition) is 1. The summed E-state index contributed by atoms with van der Waals surface area (Å²) in [5.74, 6) is 0. The molecule has 2 rings (SSSR count). The summed E-state index contributed by atoms with van der Waals surface area (Å²) in [6, 6.07) is 17.6. The Morgan fingerprint density at radius 3 is 2.00 bits per heavy atom.